The van der Waals surface area contributed by atoms with Gasteiger partial charge >= 0.3 is 0 Å². The number of allylic oxidation sites excluding steroid dienone is 1. The van der Waals surface area contributed by atoms with Gasteiger partial charge in [-0.1, -0.05) is 48.1 Å². The summed E-state index contributed by atoms with van der Waals surface area (Å²) in [6, 6.07) is 0.477. The summed E-state index contributed by atoms with van der Waals surface area (Å²) in [6.07, 6.45) is 7.31. The van der Waals surface area contributed by atoms with Gasteiger partial charge in [0.15, 0.2) is 0 Å². The van der Waals surface area contributed by atoms with E-state index in [1.807, 2.05) is 0 Å². The van der Waals surface area contributed by atoms with Crippen molar-refractivity contribution in [3.8, 4) is 0 Å². The molecule has 0 spiro atoms. The molecule has 1 saturated carbocycles. The topological polar surface area (TPSA) is 41.5 Å². The quantitative estimate of drug-likeness (QED) is 0.385. The molecular formula is C24H44N2O. The Balaban J connectivity index is 2.41. The highest BCUT2D eigenvalue weighted by Crippen LogP contribution is 2.35. The van der Waals surface area contributed by atoms with Crippen molar-refractivity contribution in [1.29, 1.82) is 0 Å². The summed E-state index contributed by atoms with van der Waals surface area (Å²) in [5.74, 6) is 1.38. The maximum absolute atomic E-state index is 12.7. The van der Waals surface area contributed by atoms with Gasteiger partial charge in [0.2, 0.25) is 0 Å². The number of Topliss-reactive ketones (excluding diaryl/α,β-unsaturated/α-hetero) is 1. The molecule has 0 saturated heterocycles. The fourth-order valence-corrected chi connectivity index (χ4v) is 3.96. The van der Waals surface area contributed by atoms with E-state index in [-0.39, 0.29) is 17.3 Å². The van der Waals surface area contributed by atoms with E-state index in [9.17, 15) is 4.79 Å². The van der Waals surface area contributed by atoms with Crippen LogP contribution >= 0.6 is 0 Å². The van der Waals surface area contributed by atoms with E-state index in [0.29, 0.717) is 17.7 Å². The Kier molecular flexibility index (Phi) is 9.76. The molecular weight excluding hydrogens is 332 g/mol. The van der Waals surface area contributed by atoms with Crippen LogP contribution in [0.25, 0.3) is 0 Å². The Morgan fingerprint density at radius 2 is 1.93 bits per heavy atom. The highest BCUT2D eigenvalue weighted by molar-refractivity contribution is 5.94. The average molecular weight is 377 g/mol. The van der Waals surface area contributed by atoms with Gasteiger partial charge in [-0.3, -0.25) is 9.79 Å². The normalized spacial score (nSPS) is 24.1. The maximum Gasteiger partial charge on any atom is 0.139 e. The second-order valence-corrected chi connectivity index (χ2v) is 10.2. The van der Waals surface area contributed by atoms with Crippen molar-refractivity contribution in [3.63, 3.8) is 0 Å². The summed E-state index contributed by atoms with van der Waals surface area (Å²) >= 11 is 0. The predicted octanol–water partition coefficient (Wildman–Crippen LogP) is 6.19. The molecule has 27 heavy (non-hydrogen) atoms. The van der Waals surface area contributed by atoms with Crippen LogP contribution in [0, 0.1) is 23.2 Å². The number of nitrogens with one attached hydrogen (secondary N) is 1. The number of ketones is 1. The van der Waals surface area contributed by atoms with Gasteiger partial charge in [0, 0.05) is 35.8 Å². The molecule has 1 N–H and O–H groups in total. The molecule has 1 aliphatic carbocycles. The summed E-state index contributed by atoms with van der Waals surface area (Å²) in [5.41, 5.74) is 2.45. The van der Waals surface area contributed by atoms with Crippen LogP contribution in [0.4, 0.5) is 0 Å². The zero-order chi connectivity index (χ0) is 20.6. The molecule has 0 aromatic carbocycles. The largest absolute Gasteiger partial charge is 0.386 e. The SMILES string of the molecule is C=C(CC(C)C)N[C@H](C)CCCC/N=C1/CCC(C)C(=O)C(C(C)(C)C)C1. The fourth-order valence-electron chi connectivity index (χ4n) is 3.96. The lowest BCUT2D eigenvalue weighted by molar-refractivity contribution is -0.129. The highest BCUT2D eigenvalue weighted by atomic mass is 16.1. The highest BCUT2D eigenvalue weighted by Gasteiger charge is 2.36. The fraction of sp³-hybridized carbons (Fsp3) is 0.833. The lowest BCUT2D eigenvalue weighted by Crippen LogP contribution is -2.32. The van der Waals surface area contributed by atoms with Gasteiger partial charge in [0.05, 0.1) is 0 Å². The number of rotatable bonds is 9. The molecule has 0 amide bonds. The van der Waals surface area contributed by atoms with Crippen molar-refractivity contribution < 1.29 is 4.79 Å². The molecule has 156 valence electrons. The molecule has 1 aliphatic rings. The Bertz CT molecular complexity index is 513. The minimum atomic E-state index is 0.0237. The zero-order valence-corrected chi connectivity index (χ0v) is 19.0. The van der Waals surface area contributed by atoms with Gasteiger partial charge in [-0.2, -0.15) is 0 Å². The van der Waals surface area contributed by atoms with Crippen molar-refractivity contribution in [2.24, 2.45) is 28.2 Å². The van der Waals surface area contributed by atoms with Gasteiger partial charge in [-0.05, 0) is 63.2 Å². The van der Waals surface area contributed by atoms with Gasteiger partial charge in [0.1, 0.15) is 5.78 Å². The van der Waals surface area contributed by atoms with E-state index < -0.39 is 0 Å². The predicted molar refractivity (Wildman–Crippen MR) is 118 cm³/mol. The van der Waals surface area contributed by atoms with E-state index in [1.54, 1.807) is 0 Å². The molecule has 3 heteroatoms. The van der Waals surface area contributed by atoms with Crippen LogP contribution in [-0.4, -0.2) is 24.1 Å². The first-order valence-electron chi connectivity index (χ1n) is 11.0. The molecule has 0 aliphatic heterocycles. The van der Waals surface area contributed by atoms with Crippen molar-refractivity contribution in [1.82, 2.24) is 5.32 Å². The third-order valence-electron chi connectivity index (χ3n) is 5.67. The zero-order valence-electron chi connectivity index (χ0n) is 19.0. The van der Waals surface area contributed by atoms with Gasteiger partial charge < -0.3 is 5.32 Å². The van der Waals surface area contributed by atoms with E-state index in [0.717, 1.165) is 50.8 Å². The number of carbonyl (C=O) groups excluding carboxylic acids is 1. The smallest absolute Gasteiger partial charge is 0.139 e. The Labute approximate surface area is 168 Å². The second-order valence-electron chi connectivity index (χ2n) is 10.2. The molecule has 0 radical (unpaired) electrons. The third kappa shape index (κ3) is 9.08. The van der Waals surface area contributed by atoms with Crippen molar-refractivity contribution in [2.75, 3.05) is 6.54 Å². The van der Waals surface area contributed by atoms with Crippen molar-refractivity contribution in [2.45, 2.75) is 99.5 Å². The van der Waals surface area contributed by atoms with Crippen LogP contribution < -0.4 is 5.32 Å². The van der Waals surface area contributed by atoms with Crippen LogP contribution in [0.3, 0.4) is 0 Å². The summed E-state index contributed by atoms with van der Waals surface area (Å²) in [5, 5.41) is 3.52. The van der Waals surface area contributed by atoms with Crippen LogP contribution in [0.5, 0.6) is 0 Å². The average Bonchev–Trinajstić information content (AvgIpc) is 2.66. The first kappa shape index (κ1) is 23.9. The molecule has 1 fully saturated rings. The third-order valence-corrected chi connectivity index (χ3v) is 5.67. The van der Waals surface area contributed by atoms with E-state index in [4.69, 9.17) is 4.99 Å². The Hall–Kier alpha value is -1.12. The van der Waals surface area contributed by atoms with Gasteiger partial charge in [0.25, 0.3) is 0 Å². The van der Waals surface area contributed by atoms with Crippen LogP contribution in [0.15, 0.2) is 17.3 Å². The van der Waals surface area contributed by atoms with E-state index in [1.165, 1.54) is 12.1 Å². The molecule has 2 unspecified atom stereocenters. The number of nitrogens with zero attached hydrogens (tertiary/aromatic N) is 1. The van der Waals surface area contributed by atoms with Crippen molar-refractivity contribution >= 4 is 11.5 Å². The molecule has 3 atom stereocenters. The molecule has 0 bridgehead atoms. The number of hydrogen-bond acceptors (Lipinski definition) is 3. The summed E-state index contributed by atoms with van der Waals surface area (Å²) in [4.78, 5) is 17.6. The number of hydrogen-bond donors (Lipinski definition) is 1. The minimum Gasteiger partial charge on any atom is -0.386 e. The van der Waals surface area contributed by atoms with E-state index in [2.05, 4.69) is 60.4 Å². The molecule has 3 nitrogen and oxygen atoms in total. The second kappa shape index (κ2) is 11.0. The molecule has 0 aromatic rings. The monoisotopic (exact) mass is 376 g/mol. The van der Waals surface area contributed by atoms with Gasteiger partial charge in [-0.25, -0.2) is 0 Å². The first-order chi connectivity index (χ1) is 12.5. The number of unbranched alkanes of at least 4 members (excludes halogenated alkanes) is 1. The molecule has 0 heterocycles. The lowest BCUT2D eigenvalue weighted by atomic mass is 9.74. The maximum atomic E-state index is 12.7. The standard InChI is InChI=1S/C24H44N2O/c1-17(2)15-20(5)26-19(4)11-9-10-14-25-21-13-12-18(3)23(27)22(16-21)24(6,7)8/h17-19,22,26H,5,9-16H2,1-4,6-8H3/b25-21-/t18?,19-,22?/m1/s1. The van der Waals surface area contributed by atoms with Gasteiger partial charge in [-0.15, -0.1) is 0 Å². The first-order valence-corrected chi connectivity index (χ1v) is 11.0. The lowest BCUT2D eigenvalue weighted by Gasteiger charge is -2.29. The molecule has 0 aromatic heterocycles. The summed E-state index contributed by atoms with van der Waals surface area (Å²) in [6.45, 7) is 20.4. The van der Waals surface area contributed by atoms with Crippen LogP contribution in [-0.2, 0) is 4.79 Å². The van der Waals surface area contributed by atoms with Crippen molar-refractivity contribution in [3.05, 3.63) is 12.3 Å². The Morgan fingerprint density at radius 3 is 2.52 bits per heavy atom. The van der Waals surface area contributed by atoms with E-state index >= 15 is 0 Å². The number of aliphatic imine (C=N–C) groups is 1. The molecule has 1 rings (SSSR count). The van der Waals surface area contributed by atoms with Crippen LogP contribution in [0.1, 0.15) is 93.4 Å². The summed E-state index contributed by atoms with van der Waals surface area (Å²) in [7, 11) is 0. The number of carbonyl (C=O) groups is 1. The minimum absolute atomic E-state index is 0.0237. The Morgan fingerprint density at radius 1 is 1.26 bits per heavy atom. The van der Waals surface area contributed by atoms with Crippen LogP contribution in [0.2, 0.25) is 0 Å². The summed E-state index contributed by atoms with van der Waals surface area (Å²) < 4.78 is 0.